The number of carbonyl (C=O) groups is 3. The molecule has 88 valence electrons. The van der Waals surface area contributed by atoms with Crippen molar-refractivity contribution in [2.45, 2.75) is 32.2 Å². The molecule has 2 rings (SSSR count). The van der Waals surface area contributed by atoms with Crippen molar-refractivity contribution in [2.75, 3.05) is 0 Å². The SMILES string of the molecule is CC1(C)[C@H](C(=O)O)CC[C@]12NC(=O)NC2=O. The van der Waals surface area contributed by atoms with E-state index < -0.39 is 34.8 Å². The van der Waals surface area contributed by atoms with Crippen molar-refractivity contribution in [3.63, 3.8) is 0 Å². The Balaban J connectivity index is 2.42. The molecule has 0 bridgehead atoms. The van der Waals surface area contributed by atoms with E-state index in [1.165, 1.54) is 0 Å². The highest BCUT2D eigenvalue weighted by Gasteiger charge is 2.64. The molecule has 0 aromatic carbocycles. The van der Waals surface area contributed by atoms with Crippen LogP contribution >= 0.6 is 0 Å². The zero-order chi connectivity index (χ0) is 12.1. The number of carboxylic acids is 1. The number of aliphatic carboxylic acids is 1. The number of carboxylic acid groups (broad SMARTS) is 1. The molecule has 3 amide bonds. The van der Waals surface area contributed by atoms with Crippen molar-refractivity contribution >= 4 is 17.9 Å². The summed E-state index contributed by atoms with van der Waals surface area (Å²) in [5.41, 5.74) is -1.85. The van der Waals surface area contributed by atoms with Crippen LogP contribution in [0.1, 0.15) is 26.7 Å². The van der Waals surface area contributed by atoms with Gasteiger partial charge in [-0.2, -0.15) is 0 Å². The molecule has 0 aromatic rings. The standard InChI is InChI=1S/C10H14N2O4/c1-9(2)5(6(13)14)3-4-10(9)7(15)11-8(16)12-10/h5H,3-4H2,1-2H3,(H,13,14)(H2,11,12,15,16)/t5-,10+/m0/s1. The minimum Gasteiger partial charge on any atom is -0.481 e. The van der Waals surface area contributed by atoms with E-state index >= 15 is 0 Å². The number of carbonyl (C=O) groups excluding carboxylic acids is 2. The lowest BCUT2D eigenvalue weighted by molar-refractivity contribution is -0.146. The van der Waals surface area contributed by atoms with Crippen molar-refractivity contribution in [3.05, 3.63) is 0 Å². The number of urea groups is 1. The Morgan fingerprint density at radius 3 is 2.44 bits per heavy atom. The molecule has 1 saturated heterocycles. The van der Waals surface area contributed by atoms with Crippen LogP contribution in [-0.2, 0) is 9.59 Å². The quantitative estimate of drug-likeness (QED) is 0.552. The molecule has 1 heterocycles. The lowest BCUT2D eigenvalue weighted by Crippen LogP contribution is -2.56. The molecule has 1 aliphatic heterocycles. The zero-order valence-corrected chi connectivity index (χ0v) is 9.16. The van der Waals surface area contributed by atoms with Gasteiger partial charge in [0.15, 0.2) is 0 Å². The minimum absolute atomic E-state index is 0.370. The molecule has 3 N–H and O–H groups in total. The van der Waals surface area contributed by atoms with Crippen LogP contribution in [0, 0.1) is 11.3 Å². The molecule has 2 fully saturated rings. The highest BCUT2D eigenvalue weighted by molar-refractivity contribution is 6.08. The van der Waals surface area contributed by atoms with Crippen molar-refractivity contribution in [2.24, 2.45) is 11.3 Å². The molecule has 0 radical (unpaired) electrons. The maximum absolute atomic E-state index is 11.8. The van der Waals surface area contributed by atoms with Crippen LogP contribution < -0.4 is 10.6 Å². The van der Waals surface area contributed by atoms with Gasteiger partial charge in [0.05, 0.1) is 5.92 Å². The Bertz CT molecular complexity index is 390. The predicted octanol–water partition coefficient (Wildman–Crippen LogP) is 0.0854. The highest BCUT2D eigenvalue weighted by Crippen LogP contribution is 2.51. The predicted molar refractivity (Wildman–Crippen MR) is 53.5 cm³/mol. The van der Waals surface area contributed by atoms with Gasteiger partial charge >= 0.3 is 12.0 Å². The van der Waals surface area contributed by atoms with Gasteiger partial charge in [-0.3, -0.25) is 14.9 Å². The molecule has 1 aliphatic carbocycles. The molecule has 0 unspecified atom stereocenters. The molecule has 2 aliphatic rings. The second-order valence-corrected chi connectivity index (χ2v) is 4.96. The molecule has 1 spiro atoms. The summed E-state index contributed by atoms with van der Waals surface area (Å²) >= 11 is 0. The van der Waals surface area contributed by atoms with Crippen LogP contribution in [-0.4, -0.2) is 28.6 Å². The highest BCUT2D eigenvalue weighted by atomic mass is 16.4. The van der Waals surface area contributed by atoms with Crippen molar-refractivity contribution in [3.8, 4) is 0 Å². The third-order valence-electron chi connectivity index (χ3n) is 4.02. The summed E-state index contributed by atoms with van der Waals surface area (Å²) in [6.45, 7) is 3.42. The lowest BCUT2D eigenvalue weighted by atomic mass is 9.70. The molecular formula is C10H14N2O4. The summed E-state index contributed by atoms with van der Waals surface area (Å²) in [4.78, 5) is 34.1. The summed E-state index contributed by atoms with van der Waals surface area (Å²) in [5.74, 6) is -1.95. The van der Waals surface area contributed by atoms with Gasteiger partial charge in [-0.05, 0) is 12.8 Å². The first-order valence-corrected chi connectivity index (χ1v) is 5.18. The number of hydrogen-bond donors (Lipinski definition) is 3. The van der Waals surface area contributed by atoms with E-state index in [1.54, 1.807) is 13.8 Å². The van der Waals surface area contributed by atoms with Gasteiger partial charge < -0.3 is 10.4 Å². The van der Waals surface area contributed by atoms with Crippen LogP contribution in [0.3, 0.4) is 0 Å². The van der Waals surface area contributed by atoms with Crippen LogP contribution in [0.15, 0.2) is 0 Å². The Labute approximate surface area is 92.4 Å². The van der Waals surface area contributed by atoms with Gasteiger partial charge in [0.2, 0.25) is 0 Å². The molecule has 6 nitrogen and oxygen atoms in total. The number of nitrogens with one attached hydrogen (secondary N) is 2. The Morgan fingerprint density at radius 1 is 1.44 bits per heavy atom. The van der Waals surface area contributed by atoms with E-state index in [0.717, 1.165) is 0 Å². The first-order chi connectivity index (χ1) is 7.31. The van der Waals surface area contributed by atoms with Crippen LogP contribution in [0.2, 0.25) is 0 Å². The summed E-state index contributed by atoms with van der Waals surface area (Å²) in [6.07, 6.45) is 0.768. The zero-order valence-electron chi connectivity index (χ0n) is 9.16. The Kier molecular flexibility index (Phi) is 2.02. The molecular weight excluding hydrogens is 212 g/mol. The molecule has 6 heteroatoms. The third-order valence-corrected chi connectivity index (χ3v) is 4.02. The second kappa shape index (κ2) is 2.96. The molecule has 2 atom stereocenters. The van der Waals surface area contributed by atoms with Gasteiger partial charge in [0.1, 0.15) is 5.54 Å². The average Bonchev–Trinajstić information content (AvgIpc) is 2.54. The monoisotopic (exact) mass is 226 g/mol. The maximum atomic E-state index is 11.8. The van der Waals surface area contributed by atoms with Crippen molar-refractivity contribution in [1.29, 1.82) is 0 Å². The number of rotatable bonds is 1. The van der Waals surface area contributed by atoms with Gasteiger partial charge in [-0.1, -0.05) is 13.8 Å². The van der Waals surface area contributed by atoms with E-state index in [1.807, 2.05) is 0 Å². The van der Waals surface area contributed by atoms with Gasteiger partial charge in [-0.15, -0.1) is 0 Å². The topological polar surface area (TPSA) is 95.5 Å². The normalized spacial score (nSPS) is 36.2. The fraction of sp³-hybridized carbons (Fsp3) is 0.700. The maximum Gasteiger partial charge on any atom is 0.322 e. The fourth-order valence-electron chi connectivity index (χ4n) is 2.89. The van der Waals surface area contributed by atoms with E-state index in [-0.39, 0.29) is 0 Å². The Morgan fingerprint density at radius 2 is 2.06 bits per heavy atom. The fourth-order valence-corrected chi connectivity index (χ4v) is 2.89. The van der Waals surface area contributed by atoms with E-state index in [9.17, 15) is 14.4 Å². The van der Waals surface area contributed by atoms with Crippen LogP contribution in [0.5, 0.6) is 0 Å². The first-order valence-electron chi connectivity index (χ1n) is 5.18. The van der Waals surface area contributed by atoms with Gasteiger partial charge in [0, 0.05) is 5.41 Å². The van der Waals surface area contributed by atoms with Crippen LogP contribution in [0.4, 0.5) is 4.79 Å². The molecule has 1 saturated carbocycles. The lowest BCUT2D eigenvalue weighted by Gasteiger charge is -2.37. The van der Waals surface area contributed by atoms with Crippen molar-refractivity contribution in [1.82, 2.24) is 10.6 Å². The molecule has 16 heavy (non-hydrogen) atoms. The smallest absolute Gasteiger partial charge is 0.322 e. The summed E-state index contributed by atoms with van der Waals surface area (Å²) in [6, 6.07) is -0.538. The van der Waals surface area contributed by atoms with Gasteiger partial charge in [-0.25, -0.2) is 4.79 Å². The minimum atomic E-state index is -1.06. The molecule has 0 aromatic heterocycles. The second-order valence-electron chi connectivity index (χ2n) is 4.96. The van der Waals surface area contributed by atoms with Crippen LogP contribution in [0.25, 0.3) is 0 Å². The number of imide groups is 1. The third kappa shape index (κ3) is 1.10. The van der Waals surface area contributed by atoms with E-state index in [0.29, 0.717) is 12.8 Å². The average molecular weight is 226 g/mol. The van der Waals surface area contributed by atoms with Crippen molar-refractivity contribution < 1.29 is 19.5 Å². The summed E-state index contributed by atoms with van der Waals surface area (Å²) in [7, 11) is 0. The van der Waals surface area contributed by atoms with E-state index in [4.69, 9.17) is 5.11 Å². The van der Waals surface area contributed by atoms with E-state index in [2.05, 4.69) is 10.6 Å². The first kappa shape index (κ1) is 10.9. The number of amides is 3. The Hall–Kier alpha value is -1.59. The largest absolute Gasteiger partial charge is 0.481 e. The number of hydrogen-bond acceptors (Lipinski definition) is 3. The summed E-state index contributed by atoms with van der Waals surface area (Å²) < 4.78 is 0. The summed E-state index contributed by atoms with van der Waals surface area (Å²) in [5, 5.41) is 13.9. The van der Waals surface area contributed by atoms with Gasteiger partial charge in [0.25, 0.3) is 5.91 Å².